The molecule has 0 amide bonds. The molecule has 3 atom stereocenters. The Balaban J connectivity index is 4.54. The number of hydrogen-bond acceptors (Lipinski definition) is 7. The van der Waals surface area contributed by atoms with Gasteiger partial charge in [-0.3, -0.25) is 13.8 Å². The van der Waals surface area contributed by atoms with Crippen molar-refractivity contribution in [2.24, 2.45) is 0 Å². The normalized spacial score (nSPS) is 15.0. The summed E-state index contributed by atoms with van der Waals surface area (Å²) in [6, 6.07) is 0. The van der Waals surface area contributed by atoms with Crippen molar-refractivity contribution in [2.45, 2.75) is 167 Å². The van der Waals surface area contributed by atoms with E-state index in [0.717, 1.165) is 44.9 Å². The maximum absolute atomic E-state index is 12.7. The monoisotopic (exact) mass is 835 g/mol. The van der Waals surface area contributed by atoms with Gasteiger partial charge in [0, 0.05) is 6.42 Å². The smallest absolute Gasteiger partial charge is 0.472 e. The Morgan fingerprint density at radius 2 is 1.17 bits per heavy atom. The maximum atomic E-state index is 12.7. The Hall–Kier alpha value is -2.52. The van der Waals surface area contributed by atoms with Crippen LogP contribution >= 0.6 is 7.82 Å². The lowest BCUT2D eigenvalue weighted by Crippen LogP contribution is -2.37. The van der Waals surface area contributed by atoms with Crippen LogP contribution < -0.4 is 0 Å². The van der Waals surface area contributed by atoms with E-state index in [1.165, 1.54) is 83.5 Å². The molecule has 0 heterocycles. The summed E-state index contributed by atoms with van der Waals surface area (Å²) >= 11 is 0. The van der Waals surface area contributed by atoms with Gasteiger partial charge in [-0.15, -0.1) is 0 Å². The van der Waals surface area contributed by atoms with Gasteiger partial charge < -0.3 is 24.0 Å². The first-order valence-electron chi connectivity index (χ1n) is 22.5. The molecule has 0 rings (SSSR count). The Kier molecular flexibility index (Phi) is 38.2. The van der Waals surface area contributed by atoms with Crippen LogP contribution in [-0.2, 0) is 27.9 Å². The topological polar surface area (TPSA) is 112 Å². The largest absolute Gasteiger partial charge is 0.498 e. The molecule has 0 radical (unpaired) electrons. The molecule has 334 valence electrons. The SMILES string of the molecule is CC/C=C\C/C=C\C/C=C\C/C=C\C/C=C\C=C/C(O)CCC(=O)O[C@H](CO/C=C/CCCCCCCCCCCCCCCC)COP(=O)(O)OCC[N+](C)(C)C. The fourth-order valence-corrected chi connectivity index (χ4v) is 6.37. The lowest BCUT2D eigenvalue weighted by atomic mass is 10.0. The molecule has 0 bridgehead atoms. The van der Waals surface area contributed by atoms with Crippen molar-refractivity contribution in [1.29, 1.82) is 0 Å². The number of carbonyl (C=O) groups is 1. The van der Waals surface area contributed by atoms with Crippen molar-refractivity contribution in [3.05, 3.63) is 85.3 Å². The molecule has 10 heteroatoms. The molecular weight excluding hydrogens is 750 g/mol. The number of phosphoric ester groups is 1. The highest BCUT2D eigenvalue weighted by Gasteiger charge is 2.26. The summed E-state index contributed by atoms with van der Waals surface area (Å²) in [7, 11) is 1.48. The van der Waals surface area contributed by atoms with Crippen LogP contribution in [0.1, 0.15) is 155 Å². The zero-order valence-electron chi connectivity index (χ0n) is 37.4. The molecule has 0 aromatic rings. The summed E-state index contributed by atoms with van der Waals surface area (Å²) in [6.07, 6.45) is 50.4. The number of aliphatic hydroxyl groups is 1. The molecule has 0 aromatic carbocycles. The number of likely N-dealkylation sites (N-methyl/N-ethyl adjacent to an activating group) is 1. The van der Waals surface area contributed by atoms with Crippen molar-refractivity contribution >= 4 is 13.8 Å². The van der Waals surface area contributed by atoms with Crippen LogP contribution in [0.25, 0.3) is 0 Å². The third kappa shape index (κ3) is 43.1. The van der Waals surface area contributed by atoms with Crippen molar-refractivity contribution < 1.29 is 42.4 Å². The first-order valence-corrected chi connectivity index (χ1v) is 24.0. The van der Waals surface area contributed by atoms with E-state index < -0.39 is 26.0 Å². The standard InChI is InChI=1S/C48H84NO8P/c1-6-8-10-12-14-16-18-20-22-24-26-28-30-32-34-36-38-46(50)39-40-48(51)57-47(45-56-58(52,53)55-43-41-49(3,4)5)44-54-42-37-35-33-31-29-27-25-23-21-19-17-15-13-11-9-7-2/h8,10,14,16,20,22,26,28,32,34,36-38,42,46-47,50H,6-7,9,11-13,15,17-19,21,23-25,27,29-31,33,35,39-41,43-45H2,1-5H3/p+1/b10-8-,16-14-,22-20-,28-26-,34-32-,38-36-,42-37+/t46?,47-/m1/s1. The van der Waals surface area contributed by atoms with Crippen LogP contribution in [0.4, 0.5) is 0 Å². The number of quaternary nitrogens is 1. The molecule has 58 heavy (non-hydrogen) atoms. The van der Waals surface area contributed by atoms with E-state index in [9.17, 15) is 19.4 Å². The van der Waals surface area contributed by atoms with Gasteiger partial charge in [-0.1, -0.05) is 170 Å². The zero-order chi connectivity index (χ0) is 42.8. The zero-order valence-corrected chi connectivity index (χ0v) is 38.3. The average Bonchev–Trinajstić information content (AvgIpc) is 3.17. The maximum Gasteiger partial charge on any atom is 0.472 e. The molecule has 0 aliphatic heterocycles. The van der Waals surface area contributed by atoms with Gasteiger partial charge in [0.1, 0.15) is 19.8 Å². The highest BCUT2D eigenvalue weighted by Crippen LogP contribution is 2.43. The van der Waals surface area contributed by atoms with Gasteiger partial charge in [0.2, 0.25) is 0 Å². The van der Waals surface area contributed by atoms with Gasteiger partial charge in [-0.2, -0.15) is 0 Å². The van der Waals surface area contributed by atoms with Gasteiger partial charge in [-0.05, 0) is 57.4 Å². The Morgan fingerprint density at radius 1 is 0.655 bits per heavy atom. The predicted molar refractivity (Wildman–Crippen MR) is 243 cm³/mol. The molecular formula is C48H85NO8P+. The molecule has 2 unspecified atom stereocenters. The highest BCUT2D eigenvalue weighted by atomic mass is 31.2. The first-order chi connectivity index (χ1) is 28.0. The number of esters is 1. The third-order valence-electron chi connectivity index (χ3n) is 9.15. The molecule has 0 fully saturated rings. The number of rotatable bonds is 40. The summed E-state index contributed by atoms with van der Waals surface area (Å²) < 4.78 is 34.5. The van der Waals surface area contributed by atoms with E-state index in [1.54, 1.807) is 18.4 Å². The summed E-state index contributed by atoms with van der Waals surface area (Å²) in [5, 5.41) is 10.4. The fraction of sp³-hybridized carbons (Fsp3) is 0.688. The van der Waals surface area contributed by atoms with Crippen LogP contribution in [0.15, 0.2) is 85.3 Å². The molecule has 0 saturated heterocycles. The minimum Gasteiger partial charge on any atom is -0.498 e. The minimum absolute atomic E-state index is 0.0330. The van der Waals surface area contributed by atoms with Gasteiger partial charge in [0.25, 0.3) is 0 Å². The van der Waals surface area contributed by atoms with Crippen molar-refractivity contribution in [2.75, 3.05) is 47.5 Å². The van der Waals surface area contributed by atoms with Crippen LogP contribution in [-0.4, -0.2) is 80.2 Å². The average molecular weight is 835 g/mol. The van der Waals surface area contributed by atoms with Crippen LogP contribution in [0.5, 0.6) is 0 Å². The quantitative estimate of drug-likeness (QED) is 0.0119. The minimum atomic E-state index is -4.36. The van der Waals surface area contributed by atoms with E-state index in [1.807, 2.05) is 39.4 Å². The van der Waals surface area contributed by atoms with Crippen molar-refractivity contribution in [3.63, 3.8) is 0 Å². The van der Waals surface area contributed by atoms with Crippen LogP contribution in [0, 0.1) is 0 Å². The third-order valence-corrected chi connectivity index (χ3v) is 10.1. The molecule has 0 aliphatic rings. The van der Waals surface area contributed by atoms with Crippen LogP contribution in [0.2, 0.25) is 0 Å². The summed E-state index contributed by atoms with van der Waals surface area (Å²) in [6.45, 7) is 4.52. The fourth-order valence-electron chi connectivity index (χ4n) is 5.63. The molecule has 9 nitrogen and oxygen atoms in total. The van der Waals surface area contributed by atoms with Crippen LogP contribution in [0.3, 0.4) is 0 Å². The van der Waals surface area contributed by atoms with E-state index in [-0.39, 0.29) is 32.7 Å². The number of carbonyl (C=O) groups excluding carboxylic acids is 1. The van der Waals surface area contributed by atoms with E-state index in [4.69, 9.17) is 18.5 Å². The number of allylic oxidation sites excluding steroid dienone is 12. The number of nitrogens with zero attached hydrogens (tertiary/aromatic N) is 1. The lowest BCUT2D eigenvalue weighted by molar-refractivity contribution is -0.870. The van der Waals surface area contributed by atoms with Crippen molar-refractivity contribution in [1.82, 2.24) is 0 Å². The van der Waals surface area contributed by atoms with Crippen molar-refractivity contribution in [3.8, 4) is 0 Å². The number of unbranched alkanes of at least 4 members (excludes halogenated alkanes) is 14. The Morgan fingerprint density at radius 3 is 1.71 bits per heavy atom. The Bertz CT molecular complexity index is 1220. The van der Waals surface area contributed by atoms with Gasteiger partial charge in [-0.25, -0.2) is 4.57 Å². The van der Waals surface area contributed by atoms with Gasteiger partial charge in [0.15, 0.2) is 6.10 Å². The molecule has 0 saturated carbocycles. The number of ether oxygens (including phenoxy) is 2. The summed E-state index contributed by atoms with van der Waals surface area (Å²) in [5.74, 6) is -0.565. The van der Waals surface area contributed by atoms with E-state index in [2.05, 4.69) is 62.5 Å². The summed E-state index contributed by atoms with van der Waals surface area (Å²) in [5.41, 5.74) is 0. The number of hydrogen-bond donors (Lipinski definition) is 2. The molecule has 2 N–H and O–H groups in total. The second-order valence-corrected chi connectivity index (χ2v) is 17.4. The predicted octanol–water partition coefficient (Wildman–Crippen LogP) is 12.6. The van der Waals surface area contributed by atoms with Gasteiger partial charge in [0.05, 0.1) is 40.1 Å². The summed E-state index contributed by atoms with van der Waals surface area (Å²) in [4.78, 5) is 22.9. The molecule has 0 spiro atoms. The Labute approximate surface area is 355 Å². The number of aliphatic hydroxyl groups excluding tert-OH is 1. The lowest BCUT2D eigenvalue weighted by Gasteiger charge is -2.24. The number of phosphoric acid groups is 1. The second-order valence-electron chi connectivity index (χ2n) is 16.0. The van der Waals surface area contributed by atoms with E-state index >= 15 is 0 Å². The van der Waals surface area contributed by atoms with E-state index in [0.29, 0.717) is 11.0 Å². The molecule has 0 aliphatic carbocycles. The first kappa shape index (κ1) is 55.5. The second kappa shape index (κ2) is 39.9. The molecule has 0 aromatic heterocycles. The highest BCUT2D eigenvalue weighted by molar-refractivity contribution is 7.47. The van der Waals surface area contributed by atoms with Gasteiger partial charge >= 0.3 is 13.8 Å².